The largest absolute Gasteiger partial charge is 0.496 e. The first kappa shape index (κ1) is 18.2. The number of nitrogens with zero attached hydrogens (tertiary/aromatic N) is 4. The van der Waals surface area contributed by atoms with Gasteiger partial charge in [-0.25, -0.2) is 4.68 Å². The first-order chi connectivity index (χ1) is 13.8. The number of methoxy groups -OCH3 is 1. The Morgan fingerprint density at radius 3 is 2.79 bits per heavy atom. The maximum atomic E-state index is 13.2. The van der Waals surface area contributed by atoms with Gasteiger partial charge in [-0.3, -0.25) is 4.79 Å². The average molecular weight is 377 g/mol. The van der Waals surface area contributed by atoms with Crippen LogP contribution in [-0.4, -0.2) is 52.5 Å². The van der Waals surface area contributed by atoms with Crippen molar-refractivity contribution in [1.29, 1.82) is 0 Å². The first-order valence-electron chi connectivity index (χ1n) is 9.35. The molecule has 0 aliphatic carbocycles. The second-order valence-electron chi connectivity index (χ2n) is 6.75. The summed E-state index contributed by atoms with van der Waals surface area (Å²) in [6.45, 7) is 2.60. The molecule has 0 bridgehead atoms. The van der Waals surface area contributed by atoms with E-state index in [-0.39, 0.29) is 11.9 Å². The van der Waals surface area contributed by atoms with Crippen LogP contribution >= 0.6 is 0 Å². The van der Waals surface area contributed by atoms with Gasteiger partial charge < -0.3 is 15.0 Å². The molecule has 28 heavy (non-hydrogen) atoms. The molecule has 0 saturated carbocycles. The molecule has 1 aromatic heterocycles. The van der Waals surface area contributed by atoms with Crippen molar-refractivity contribution in [2.45, 2.75) is 12.6 Å². The Morgan fingerprint density at radius 2 is 1.96 bits per heavy atom. The Morgan fingerprint density at radius 1 is 1.18 bits per heavy atom. The van der Waals surface area contributed by atoms with Crippen LogP contribution in [0.5, 0.6) is 5.75 Å². The number of ether oxygens (including phenoxy) is 1. The molecule has 7 nitrogen and oxygen atoms in total. The molecule has 1 saturated heterocycles. The lowest BCUT2D eigenvalue weighted by atomic mass is 10.0. The van der Waals surface area contributed by atoms with E-state index in [2.05, 4.69) is 15.6 Å². The zero-order chi connectivity index (χ0) is 19.3. The molecule has 0 spiro atoms. The molecular formula is C21H23N5O2. The maximum Gasteiger partial charge on any atom is 0.276 e. The van der Waals surface area contributed by atoms with Crippen molar-refractivity contribution >= 4 is 5.91 Å². The van der Waals surface area contributed by atoms with Crippen molar-refractivity contribution in [1.82, 2.24) is 25.2 Å². The van der Waals surface area contributed by atoms with Crippen LogP contribution in [0.3, 0.4) is 0 Å². The predicted molar refractivity (Wildman–Crippen MR) is 105 cm³/mol. The highest BCUT2D eigenvalue weighted by atomic mass is 16.5. The minimum absolute atomic E-state index is 0.114. The molecule has 0 radical (unpaired) electrons. The third kappa shape index (κ3) is 3.75. The maximum absolute atomic E-state index is 13.2. The third-order valence-electron chi connectivity index (χ3n) is 4.95. The lowest BCUT2D eigenvalue weighted by Gasteiger charge is -2.36. The molecule has 144 valence electrons. The molecule has 1 amide bonds. The smallest absolute Gasteiger partial charge is 0.276 e. The van der Waals surface area contributed by atoms with Crippen LogP contribution in [0.25, 0.3) is 0 Å². The number of hydrogen-bond donors (Lipinski definition) is 1. The monoisotopic (exact) mass is 377 g/mol. The van der Waals surface area contributed by atoms with Crippen LogP contribution in [-0.2, 0) is 6.54 Å². The third-order valence-corrected chi connectivity index (χ3v) is 4.95. The fraction of sp³-hybridized carbons (Fsp3) is 0.286. The van der Waals surface area contributed by atoms with Crippen molar-refractivity contribution in [3.63, 3.8) is 0 Å². The summed E-state index contributed by atoms with van der Waals surface area (Å²) in [4.78, 5) is 15.0. The van der Waals surface area contributed by atoms with Gasteiger partial charge in [-0.1, -0.05) is 53.7 Å². The number of hydrogen-bond acceptors (Lipinski definition) is 5. The molecule has 7 heteroatoms. The highest BCUT2D eigenvalue weighted by Crippen LogP contribution is 2.30. The summed E-state index contributed by atoms with van der Waals surface area (Å²) in [5.41, 5.74) is 2.46. The van der Waals surface area contributed by atoms with Crippen LogP contribution in [0.15, 0.2) is 60.8 Å². The molecule has 4 rings (SSSR count). The van der Waals surface area contributed by atoms with Crippen LogP contribution in [0.1, 0.15) is 27.7 Å². The number of piperazine rings is 1. The minimum atomic E-state index is -0.114. The molecule has 1 aliphatic heterocycles. The van der Waals surface area contributed by atoms with Gasteiger partial charge in [0.05, 0.1) is 25.9 Å². The number of aromatic nitrogens is 3. The van der Waals surface area contributed by atoms with Gasteiger partial charge in [0.15, 0.2) is 5.69 Å². The topological polar surface area (TPSA) is 72.3 Å². The van der Waals surface area contributed by atoms with Gasteiger partial charge in [0.2, 0.25) is 0 Å². The van der Waals surface area contributed by atoms with E-state index < -0.39 is 0 Å². The normalized spacial score (nSPS) is 16.8. The number of nitrogens with one attached hydrogen (secondary N) is 1. The van der Waals surface area contributed by atoms with E-state index in [0.717, 1.165) is 23.4 Å². The van der Waals surface area contributed by atoms with E-state index in [1.54, 1.807) is 18.0 Å². The molecule has 1 N–H and O–H groups in total. The van der Waals surface area contributed by atoms with Gasteiger partial charge in [-0.15, -0.1) is 5.10 Å². The number of carbonyl (C=O) groups excluding carboxylic acids is 1. The molecule has 2 aromatic carbocycles. The van der Waals surface area contributed by atoms with Gasteiger partial charge in [0.1, 0.15) is 5.75 Å². The second-order valence-corrected chi connectivity index (χ2v) is 6.75. The Hall–Kier alpha value is -3.19. The van der Waals surface area contributed by atoms with E-state index in [0.29, 0.717) is 25.3 Å². The zero-order valence-corrected chi connectivity index (χ0v) is 15.8. The molecule has 1 aliphatic rings. The van der Waals surface area contributed by atoms with Crippen molar-refractivity contribution in [2.24, 2.45) is 0 Å². The second kappa shape index (κ2) is 8.22. The summed E-state index contributed by atoms with van der Waals surface area (Å²) in [5.74, 6) is 0.665. The standard InChI is InChI=1S/C21H23N5O2/c1-28-20-10-6-5-9-17(20)19-13-22-11-12-26(19)21(27)18-15-25(24-23-18)14-16-7-3-2-4-8-16/h2-10,15,19,22H,11-14H2,1H3. The number of para-hydroxylation sites is 1. The molecule has 1 unspecified atom stereocenters. The predicted octanol–water partition coefficient (Wildman–Crippen LogP) is 2.12. The van der Waals surface area contributed by atoms with Gasteiger partial charge in [-0.05, 0) is 11.6 Å². The van der Waals surface area contributed by atoms with Crippen LogP contribution in [0.2, 0.25) is 0 Å². The average Bonchev–Trinajstić information content (AvgIpc) is 3.22. The van der Waals surface area contributed by atoms with E-state index in [1.807, 2.05) is 59.5 Å². The highest BCUT2D eigenvalue weighted by Gasteiger charge is 2.31. The highest BCUT2D eigenvalue weighted by molar-refractivity contribution is 5.92. The fourth-order valence-corrected chi connectivity index (χ4v) is 3.56. The zero-order valence-electron chi connectivity index (χ0n) is 15.8. The van der Waals surface area contributed by atoms with Crippen LogP contribution in [0.4, 0.5) is 0 Å². The molecular weight excluding hydrogens is 354 g/mol. The van der Waals surface area contributed by atoms with Gasteiger partial charge in [0.25, 0.3) is 5.91 Å². The number of benzene rings is 2. The minimum Gasteiger partial charge on any atom is -0.496 e. The van der Waals surface area contributed by atoms with E-state index in [9.17, 15) is 4.79 Å². The Kier molecular flexibility index (Phi) is 5.34. The quantitative estimate of drug-likeness (QED) is 0.737. The number of carbonyl (C=O) groups is 1. The lowest BCUT2D eigenvalue weighted by Crippen LogP contribution is -2.48. The first-order valence-corrected chi connectivity index (χ1v) is 9.35. The summed E-state index contributed by atoms with van der Waals surface area (Å²) < 4.78 is 7.20. The van der Waals surface area contributed by atoms with E-state index in [4.69, 9.17) is 4.74 Å². The number of amides is 1. The van der Waals surface area contributed by atoms with Crippen LogP contribution in [0, 0.1) is 0 Å². The molecule has 1 atom stereocenters. The molecule has 3 aromatic rings. The fourth-order valence-electron chi connectivity index (χ4n) is 3.56. The lowest BCUT2D eigenvalue weighted by molar-refractivity contribution is 0.0625. The van der Waals surface area contributed by atoms with Crippen molar-refractivity contribution < 1.29 is 9.53 Å². The van der Waals surface area contributed by atoms with Crippen molar-refractivity contribution in [3.05, 3.63) is 77.6 Å². The van der Waals surface area contributed by atoms with E-state index in [1.165, 1.54) is 0 Å². The Labute approximate surface area is 163 Å². The molecule has 1 fully saturated rings. The number of rotatable bonds is 5. The van der Waals surface area contributed by atoms with Gasteiger partial charge >= 0.3 is 0 Å². The van der Waals surface area contributed by atoms with Crippen molar-refractivity contribution in [3.8, 4) is 5.75 Å². The molecule has 2 heterocycles. The summed E-state index contributed by atoms with van der Waals surface area (Å²) in [7, 11) is 1.65. The van der Waals surface area contributed by atoms with Gasteiger partial charge in [0, 0.05) is 25.2 Å². The Balaban J connectivity index is 1.56. The summed E-state index contributed by atoms with van der Waals surface area (Å²) in [6.07, 6.45) is 1.72. The summed E-state index contributed by atoms with van der Waals surface area (Å²) in [6, 6.07) is 17.7. The summed E-state index contributed by atoms with van der Waals surface area (Å²) >= 11 is 0. The van der Waals surface area contributed by atoms with Crippen LogP contribution < -0.4 is 10.1 Å². The van der Waals surface area contributed by atoms with Crippen molar-refractivity contribution in [2.75, 3.05) is 26.7 Å². The summed E-state index contributed by atoms with van der Waals surface area (Å²) in [5, 5.41) is 11.6. The SMILES string of the molecule is COc1ccccc1C1CNCCN1C(=O)c1cn(Cc2ccccc2)nn1. The van der Waals surface area contributed by atoms with Gasteiger partial charge in [-0.2, -0.15) is 0 Å². The Bertz CT molecular complexity index is 941. The van der Waals surface area contributed by atoms with E-state index >= 15 is 0 Å².